The molecule has 0 aliphatic carbocycles. The first-order valence-electron chi connectivity index (χ1n) is 8.84. The van der Waals surface area contributed by atoms with Crippen LogP contribution < -0.4 is 11.1 Å². The lowest BCUT2D eigenvalue weighted by molar-refractivity contribution is 0.0674. The third kappa shape index (κ3) is 5.17. The van der Waals surface area contributed by atoms with Gasteiger partial charge in [-0.15, -0.1) is 0 Å². The summed E-state index contributed by atoms with van der Waals surface area (Å²) in [5, 5.41) is 2.94. The summed E-state index contributed by atoms with van der Waals surface area (Å²) in [6.45, 7) is 4.69. The molecule has 2 aliphatic heterocycles. The fraction of sp³-hybridized carbons (Fsp3) is 0.556. The number of carbonyl (C=O) groups excluding carboxylic acids is 1. The molecule has 136 valence electrons. The van der Waals surface area contributed by atoms with Crippen LogP contribution in [0.4, 0.5) is 0 Å². The molecule has 2 saturated heterocycles. The zero-order chi connectivity index (χ0) is 17.5. The number of nitrogens with zero attached hydrogens (tertiary/aromatic N) is 2. The SMILES string of the molecule is NC(=NCc1cccc(C(=O)NCC2CCCO2)c1)N1CCOCC1. The van der Waals surface area contributed by atoms with E-state index < -0.39 is 0 Å². The lowest BCUT2D eigenvalue weighted by Crippen LogP contribution is -2.44. The number of carbonyl (C=O) groups is 1. The topological polar surface area (TPSA) is 89.2 Å². The quantitative estimate of drug-likeness (QED) is 0.606. The molecule has 2 aliphatic rings. The van der Waals surface area contributed by atoms with E-state index in [1.165, 1.54) is 0 Å². The Balaban J connectivity index is 1.54. The van der Waals surface area contributed by atoms with Crippen molar-refractivity contribution in [2.24, 2.45) is 10.7 Å². The van der Waals surface area contributed by atoms with Crippen molar-refractivity contribution in [2.75, 3.05) is 39.5 Å². The van der Waals surface area contributed by atoms with Crippen LogP contribution in [0.25, 0.3) is 0 Å². The highest BCUT2D eigenvalue weighted by molar-refractivity contribution is 5.94. The van der Waals surface area contributed by atoms with Crippen LogP contribution in [-0.4, -0.2) is 62.3 Å². The van der Waals surface area contributed by atoms with Crippen LogP contribution >= 0.6 is 0 Å². The van der Waals surface area contributed by atoms with Crippen LogP contribution in [0.5, 0.6) is 0 Å². The molecule has 2 fully saturated rings. The van der Waals surface area contributed by atoms with Crippen molar-refractivity contribution >= 4 is 11.9 Å². The maximum absolute atomic E-state index is 12.3. The maximum Gasteiger partial charge on any atom is 0.251 e. The van der Waals surface area contributed by atoms with E-state index in [-0.39, 0.29) is 12.0 Å². The summed E-state index contributed by atoms with van der Waals surface area (Å²) >= 11 is 0. The van der Waals surface area contributed by atoms with Gasteiger partial charge in [-0.2, -0.15) is 0 Å². The number of amides is 1. The van der Waals surface area contributed by atoms with Gasteiger partial charge in [0.15, 0.2) is 5.96 Å². The van der Waals surface area contributed by atoms with Gasteiger partial charge in [0.2, 0.25) is 0 Å². The smallest absolute Gasteiger partial charge is 0.251 e. The highest BCUT2D eigenvalue weighted by Crippen LogP contribution is 2.11. The summed E-state index contributed by atoms with van der Waals surface area (Å²) in [5.74, 6) is 0.444. The van der Waals surface area contributed by atoms with E-state index >= 15 is 0 Å². The van der Waals surface area contributed by atoms with Crippen molar-refractivity contribution in [1.29, 1.82) is 0 Å². The Labute approximate surface area is 148 Å². The predicted molar refractivity (Wildman–Crippen MR) is 95.5 cm³/mol. The Morgan fingerprint density at radius 3 is 2.92 bits per heavy atom. The second-order valence-corrected chi connectivity index (χ2v) is 6.32. The number of nitrogens with one attached hydrogen (secondary N) is 1. The van der Waals surface area contributed by atoms with Crippen molar-refractivity contribution in [3.63, 3.8) is 0 Å². The van der Waals surface area contributed by atoms with Gasteiger partial charge in [-0.05, 0) is 30.5 Å². The van der Waals surface area contributed by atoms with Crippen LogP contribution in [0.15, 0.2) is 29.3 Å². The number of ether oxygens (including phenoxy) is 2. The highest BCUT2D eigenvalue weighted by Gasteiger charge is 2.17. The molecule has 1 amide bonds. The van der Waals surface area contributed by atoms with Gasteiger partial charge < -0.3 is 25.4 Å². The zero-order valence-electron chi connectivity index (χ0n) is 14.4. The molecule has 0 bridgehead atoms. The van der Waals surface area contributed by atoms with E-state index in [4.69, 9.17) is 15.2 Å². The summed E-state index contributed by atoms with van der Waals surface area (Å²) in [6.07, 6.45) is 2.22. The number of morpholine rings is 1. The number of nitrogens with two attached hydrogens (primary N) is 1. The van der Waals surface area contributed by atoms with E-state index in [2.05, 4.69) is 10.3 Å². The molecule has 25 heavy (non-hydrogen) atoms. The van der Waals surface area contributed by atoms with Gasteiger partial charge in [-0.1, -0.05) is 12.1 Å². The molecule has 1 unspecified atom stereocenters. The van der Waals surface area contributed by atoms with E-state index in [1.54, 1.807) is 0 Å². The standard InChI is InChI=1S/C18H26N4O3/c19-18(22-6-9-24-10-7-22)21-12-14-3-1-4-15(11-14)17(23)20-13-16-5-2-8-25-16/h1,3-4,11,16H,2,5-10,12-13H2,(H2,19,21)(H,20,23). The fourth-order valence-corrected chi connectivity index (χ4v) is 2.99. The molecular formula is C18H26N4O3. The Kier molecular flexibility index (Phi) is 6.25. The van der Waals surface area contributed by atoms with Crippen molar-refractivity contribution in [3.05, 3.63) is 35.4 Å². The minimum absolute atomic E-state index is 0.0810. The Bertz CT molecular complexity index is 608. The normalized spacial score (nSPS) is 21.4. The van der Waals surface area contributed by atoms with Crippen LogP contribution in [0.3, 0.4) is 0 Å². The summed E-state index contributed by atoms with van der Waals surface area (Å²) in [5.41, 5.74) is 7.63. The van der Waals surface area contributed by atoms with Gasteiger partial charge in [0, 0.05) is 31.8 Å². The Hall–Kier alpha value is -2.12. The molecule has 3 rings (SSSR count). The second kappa shape index (κ2) is 8.82. The van der Waals surface area contributed by atoms with Gasteiger partial charge in [-0.3, -0.25) is 4.79 Å². The molecule has 1 aromatic carbocycles. The third-order valence-corrected chi connectivity index (χ3v) is 4.46. The molecule has 1 aromatic rings. The molecule has 3 N–H and O–H groups in total. The average molecular weight is 346 g/mol. The molecule has 1 atom stereocenters. The van der Waals surface area contributed by atoms with Gasteiger partial charge in [-0.25, -0.2) is 4.99 Å². The van der Waals surface area contributed by atoms with Gasteiger partial charge in [0.05, 0.1) is 25.9 Å². The predicted octanol–water partition coefficient (Wildman–Crippen LogP) is 0.742. The molecule has 0 aromatic heterocycles. The van der Waals surface area contributed by atoms with E-state index in [1.807, 2.05) is 29.2 Å². The van der Waals surface area contributed by atoms with Crippen LogP contribution in [0.2, 0.25) is 0 Å². The Morgan fingerprint density at radius 1 is 1.32 bits per heavy atom. The summed E-state index contributed by atoms with van der Waals surface area (Å²) < 4.78 is 10.8. The number of rotatable bonds is 5. The van der Waals surface area contributed by atoms with Crippen LogP contribution in [0.1, 0.15) is 28.8 Å². The van der Waals surface area contributed by atoms with Crippen molar-refractivity contribution in [2.45, 2.75) is 25.5 Å². The van der Waals surface area contributed by atoms with E-state index in [0.29, 0.717) is 37.8 Å². The first-order valence-corrected chi connectivity index (χ1v) is 8.84. The number of aliphatic imine (C=N–C) groups is 1. The highest BCUT2D eigenvalue weighted by atomic mass is 16.5. The monoisotopic (exact) mass is 346 g/mol. The first-order chi connectivity index (χ1) is 12.2. The van der Waals surface area contributed by atoms with Crippen LogP contribution in [-0.2, 0) is 16.0 Å². The molecule has 0 spiro atoms. The molecule has 0 radical (unpaired) electrons. The lowest BCUT2D eigenvalue weighted by Gasteiger charge is -2.27. The van der Waals surface area contributed by atoms with E-state index in [0.717, 1.165) is 38.1 Å². The molecule has 2 heterocycles. The average Bonchev–Trinajstić information content (AvgIpc) is 3.19. The van der Waals surface area contributed by atoms with Crippen molar-refractivity contribution < 1.29 is 14.3 Å². The minimum Gasteiger partial charge on any atom is -0.378 e. The number of hydrogen-bond acceptors (Lipinski definition) is 4. The summed E-state index contributed by atoms with van der Waals surface area (Å²) in [6, 6.07) is 7.49. The molecular weight excluding hydrogens is 320 g/mol. The molecule has 0 saturated carbocycles. The molecule has 7 nitrogen and oxygen atoms in total. The van der Waals surface area contributed by atoms with Crippen molar-refractivity contribution in [1.82, 2.24) is 10.2 Å². The minimum atomic E-state index is -0.0810. The summed E-state index contributed by atoms with van der Waals surface area (Å²) in [4.78, 5) is 18.7. The van der Waals surface area contributed by atoms with Gasteiger partial charge in [0.1, 0.15) is 0 Å². The second-order valence-electron chi connectivity index (χ2n) is 6.32. The number of hydrogen-bond donors (Lipinski definition) is 2. The lowest BCUT2D eigenvalue weighted by atomic mass is 10.1. The largest absolute Gasteiger partial charge is 0.378 e. The zero-order valence-corrected chi connectivity index (χ0v) is 14.4. The van der Waals surface area contributed by atoms with Crippen LogP contribution in [0, 0.1) is 0 Å². The first kappa shape index (κ1) is 17.7. The number of guanidine groups is 1. The number of benzene rings is 1. The fourth-order valence-electron chi connectivity index (χ4n) is 2.99. The van der Waals surface area contributed by atoms with E-state index in [9.17, 15) is 4.79 Å². The molecule has 7 heteroatoms. The van der Waals surface area contributed by atoms with Gasteiger partial charge in [0.25, 0.3) is 5.91 Å². The third-order valence-electron chi connectivity index (χ3n) is 4.46. The Morgan fingerprint density at radius 2 is 2.16 bits per heavy atom. The maximum atomic E-state index is 12.3. The van der Waals surface area contributed by atoms with Crippen molar-refractivity contribution in [3.8, 4) is 0 Å². The summed E-state index contributed by atoms with van der Waals surface area (Å²) in [7, 11) is 0. The van der Waals surface area contributed by atoms with Gasteiger partial charge >= 0.3 is 0 Å².